The van der Waals surface area contributed by atoms with Gasteiger partial charge in [0.2, 0.25) is 11.8 Å². The van der Waals surface area contributed by atoms with Gasteiger partial charge in [-0.05, 0) is 53.6 Å². The third kappa shape index (κ3) is 8.02. The van der Waals surface area contributed by atoms with Crippen LogP contribution in [-0.2, 0) is 32.6 Å². The fraction of sp³-hybridized carbons (Fsp3) is 0.161. The molecule has 4 aromatic rings. The number of carbonyl (C=O) groups is 2. The number of anilines is 1. The Labute approximate surface area is 271 Å². The van der Waals surface area contributed by atoms with Gasteiger partial charge in [-0.2, -0.15) is 0 Å². The summed E-state index contributed by atoms with van der Waals surface area (Å²) in [6.45, 7) is -0.799. The minimum atomic E-state index is -4.32. The molecule has 0 aliphatic carbocycles. The van der Waals surface area contributed by atoms with Gasteiger partial charge in [-0.15, -0.1) is 0 Å². The van der Waals surface area contributed by atoms with Crippen LogP contribution in [0.2, 0.25) is 20.1 Å². The van der Waals surface area contributed by atoms with Gasteiger partial charge >= 0.3 is 0 Å². The number of hydrogen-bond donors (Lipinski definition) is 1. The van der Waals surface area contributed by atoms with Gasteiger partial charge < -0.3 is 10.2 Å². The summed E-state index contributed by atoms with van der Waals surface area (Å²) in [5, 5.41) is 3.60. The Balaban J connectivity index is 1.83. The monoisotopic (exact) mass is 677 g/mol. The van der Waals surface area contributed by atoms with Gasteiger partial charge in [0, 0.05) is 35.1 Å². The van der Waals surface area contributed by atoms with Crippen LogP contribution in [-0.4, -0.2) is 44.8 Å². The van der Waals surface area contributed by atoms with Crippen molar-refractivity contribution < 1.29 is 18.0 Å². The second kappa shape index (κ2) is 14.5. The molecule has 0 bridgehead atoms. The maximum Gasteiger partial charge on any atom is 0.264 e. The molecule has 4 rings (SSSR count). The van der Waals surface area contributed by atoms with Crippen LogP contribution in [0.1, 0.15) is 11.1 Å². The molecule has 0 heterocycles. The number of hydrogen-bond acceptors (Lipinski definition) is 4. The molecule has 0 aliphatic heterocycles. The summed E-state index contributed by atoms with van der Waals surface area (Å²) in [4.78, 5) is 28.9. The van der Waals surface area contributed by atoms with E-state index in [1.807, 2.05) is 30.3 Å². The summed E-state index contributed by atoms with van der Waals surface area (Å²) < 4.78 is 28.9. The average molecular weight is 679 g/mol. The summed E-state index contributed by atoms with van der Waals surface area (Å²) >= 11 is 25.3. The quantitative estimate of drug-likeness (QED) is 0.187. The smallest absolute Gasteiger partial charge is 0.264 e. The SMILES string of the molecule is CNC(=O)C(Cc1ccccc1)N(Cc1ccc(Cl)cc1Cl)C(=O)CN(c1cc(Cl)ccc1Cl)S(=O)(=O)c1ccccc1. The van der Waals surface area contributed by atoms with Gasteiger partial charge in [0.25, 0.3) is 10.0 Å². The highest BCUT2D eigenvalue weighted by Crippen LogP contribution is 2.33. The number of likely N-dealkylation sites (N-methyl/N-ethyl adjacent to an activating group) is 1. The minimum absolute atomic E-state index is 0.00963. The number of carbonyl (C=O) groups excluding carboxylic acids is 2. The van der Waals surface area contributed by atoms with Crippen LogP contribution in [0, 0.1) is 0 Å². The summed E-state index contributed by atoms with van der Waals surface area (Å²) in [7, 11) is -2.85. The summed E-state index contributed by atoms with van der Waals surface area (Å²) in [5.74, 6) is -1.12. The fourth-order valence-electron chi connectivity index (χ4n) is 4.46. The molecule has 12 heteroatoms. The summed E-state index contributed by atoms with van der Waals surface area (Å²) in [5.41, 5.74) is 1.32. The molecular weight excluding hydrogens is 652 g/mol. The highest BCUT2D eigenvalue weighted by molar-refractivity contribution is 7.92. The fourth-order valence-corrected chi connectivity index (χ4v) is 6.81. The molecular formula is C31H27Cl4N3O4S. The van der Waals surface area contributed by atoms with E-state index in [0.717, 1.165) is 9.87 Å². The van der Waals surface area contributed by atoms with Crippen LogP contribution in [0.3, 0.4) is 0 Å². The molecule has 0 fully saturated rings. The van der Waals surface area contributed by atoms with E-state index in [-0.39, 0.29) is 38.6 Å². The van der Waals surface area contributed by atoms with E-state index in [1.165, 1.54) is 48.3 Å². The molecule has 0 aromatic heterocycles. The van der Waals surface area contributed by atoms with Crippen molar-refractivity contribution in [2.24, 2.45) is 0 Å². The van der Waals surface area contributed by atoms with E-state index in [1.54, 1.807) is 30.3 Å². The molecule has 224 valence electrons. The number of benzene rings is 4. The standard InChI is InChI=1S/C31H27Cl4N3O4S/c1-36-31(40)29(16-21-8-4-2-5-9-21)37(19-22-12-13-23(32)17-27(22)35)30(39)20-38(28-18-24(33)14-15-26(28)34)43(41,42)25-10-6-3-7-11-25/h2-15,17-18,29H,16,19-20H2,1H3,(H,36,40). The number of nitrogens with one attached hydrogen (secondary N) is 1. The van der Waals surface area contributed by atoms with Crippen LogP contribution in [0.15, 0.2) is 102 Å². The maximum atomic E-state index is 14.3. The normalized spacial score (nSPS) is 11.9. The molecule has 0 saturated carbocycles. The van der Waals surface area contributed by atoms with E-state index in [4.69, 9.17) is 46.4 Å². The van der Waals surface area contributed by atoms with E-state index in [9.17, 15) is 18.0 Å². The molecule has 0 saturated heterocycles. The molecule has 0 spiro atoms. The Morgan fingerprint density at radius 2 is 1.40 bits per heavy atom. The molecule has 0 radical (unpaired) electrons. The predicted octanol–water partition coefficient (Wildman–Crippen LogP) is 6.88. The topological polar surface area (TPSA) is 86.8 Å². The second-order valence-electron chi connectivity index (χ2n) is 9.50. The van der Waals surface area contributed by atoms with Crippen LogP contribution in [0.25, 0.3) is 0 Å². The third-order valence-electron chi connectivity index (χ3n) is 6.66. The molecule has 2 amide bonds. The third-order valence-corrected chi connectivity index (χ3v) is 9.58. The molecule has 1 N–H and O–H groups in total. The first-order chi connectivity index (χ1) is 20.5. The number of nitrogens with zero attached hydrogens (tertiary/aromatic N) is 2. The lowest BCUT2D eigenvalue weighted by atomic mass is 10.0. The van der Waals surface area contributed by atoms with Crippen molar-refractivity contribution in [2.75, 3.05) is 17.9 Å². The zero-order valence-corrected chi connectivity index (χ0v) is 26.7. The first-order valence-corrected chi connectivity index (χ1v) is 16.0. The zero-order chi connectivity index (χ0) is 31.1. The Bertz CT molecular complexity index is 1710. The Hall–Kier alpha value is -3.27. The van der Waals surface area contributed by atoms with Crippen LogP contribution >= 0.6 is 46.4 Å². The Morgan fingerprint density at radius 3 is 2.02 bits per heavy atom. The number of sulfonamides is 1. The number of amides is 2. The van der Waals surface area contributed by atoms with Crippen LogP contribution in [0.4, 0.5) is 5.69 Å². The molecule has 4 aromatic carbocycles. The lowest BCUT2D eigenvalue weighted by Crippen LogP contribution is -2.53. The predicted molar refractivity (Wildman–Crippen MR) is 172 cm³/mol. The van der Waals surface area contributed by atoms with Gasteiger partial charge in [-0.25, -0.2) is 8.42 Å². The van der Waals surface area contributed by atoms with Gasteiger partial charge in [0.15, 0.2) is 0 Å². The van der Waals surface area contributed by atoms with E-state index < -0.39 is 34.4 Å². The first kappa shape index (κ1) is 32.6. The average Bonchev–Trinajstić information content (AvgIpc) is 3.00. The summed E-state index contributed by atoms with van der Waals surface area (Å²) in [6, 6.07) is 24.9. The molecule has 0 aliphatic rings. The van der Waals surface area contributed by atoms with Crippen molar-refractivity contribution >= 4 is 73.9 Å². The lowest BCUT2D eigenvalue weighted by Gasteiger charge is -2.34. The lowest BCUT2D eigenvalue weighted by molar-refractivity contribution is -0.139. The van der Waals surface area contributed by atoms with Gasteiger partial charge in [-0.3, -0.25) is 13.9 Å². The van der Waals surface area contributed by atoms with Crippen molar-refractivity contribution in [3.63, 3.8) is 0 Å². The summed E-state index contributed by atoms with van der Waals surface area (Å²) in [6.07, 6.45) is 0.154. The number of rotatable bonds is 11. The van der Waals surface area contributed by atoms with Gasteiger partial charge in [0.1, 0.15) is 12.6 Å². The largest absolute Gasteiger partial charge is 0.357 e. The van der Waals surface area contributed by atoms with E-state index in [0.29, 0.717) is 10.6 Å². The highest BCUT2D eigenvalue weighted by atomic mass is 35.5. The second-order valence-corrected chi connectivity index (χ2v) is 13.0. The number of halogens is 4. The van der Waals surface area contributed by atoms with E-state index >= 15 is 0 Å². The van der Waals surface area contributed by atoms with Crippen molar-refractivity contribution in [1.82, 2.24) is 10.2 Å². The first-order valence-electron chi connectivity index (χ1n) is 13.0. The van der Waals surface area contributed by atoms with Gasteiger partial charge in [0.05, 0.1) is 15.6 Å². The Morgan fingerprint density at radius 1 is 0.791 bits per heavy atom. The van der Waals surface area contributed by atoms with Gasteiger partial charge in [-0.1, -0.05) is 101 Å². The highest BCUT2D eigenvalue weighted by Gasteiger charge is 2.35. The Kier molecular flexibility index (Phi) is 11.0. The minimum Gasteiger partial charge on any atom is -0.357 e. The molecule has 43 heavy (non-hydrogen) atoms. The van der Waals surface area contributed by atoms with Crippen LogP contribution in [0.5, 0.6) is 0 Å². The molecule has 1 atom stereocenters. The van der Waals surface area contributed by atoms with Crippen molar-refractivity contribution in [1.29, 1.82) is 0 Å². The molecule has 7 nitrogen and oxygen atoms in total. The van der Waals surface area contributed by atoms with Crippen LogP contribution < -0.4 is 9.62 Å². The van der Waals surface area contributed by atoms with Crippen molar-refractivity contribution in [3.8, 4) is 0 Å². The van der Waals surface area contributed by atoms with E-state index in [2.05, 4.69) is 5.32 Å². The zero-order valence-electron chi connectivity index (χ0n) is 22.9. The molecule has 1 unspecified atom stereocenters. The van der Waals surface area contributed by atoms with Crippen molar-refractivity contribution in [3.05, 3.63) is 128 Å². The maximum absolute atomic E-state index is 14.3. The van der Waals surface area contributed by atoms with Crippen molar-refractivity contribution in [2.45, 2.75) is 23.9 Å².